The number of carbonyl (C=O) groups excluding carboxylic acids is 1. The number of hydrogen-bond donors (Lipinski definition) is 1. The molecule has 0 radical (unpaired) electrons. The molecule has 166 valence electrons. The predicted molar refractivity (Wildman–Crippen MR) is 120 cm³/mol. The van der Waals surface area contributed by atoms with E-state index in [-0.39, 0.29) is 29.0 Å². The Bertz CT molecular complexity index is 985. The van der Waals surface area contributed by atoms with Crippen molar-refractivity contribution in [2.75, 3.05) is 20.3 Å². The summed E-state index contributed by atoms with van der Waals surface area (Å²) in [5.74, 6) is -1.61. The van der Waals surface area contributed by atoms with Crippen molar-refractivity contribution in [2.45, 2.75) is 31.6 Å². The molecule has 2 aromatic rings. The topological polar surface area (TPSA) is 67.9 Å². The van der Waals surface area contributed by atoms with Gasteiger partial charge in [-0.25, -0.2) is 13.8 Å². The Morgan fingerprint density at radius 2 is 2.03 bits per heavy atom. The molecule has 1 aliphatic rings. The van der Waals surface area contributed by atoms with Gasteiger partial charge in [-0.05, 0) is 61.6 Å². The van der Waals surface area contributed by atoms with Gasteiger partial charge < -0.3 is 10.5 Å². The molecule has 0 saturated carbocycles. The number of aryl methyl sites for hydroxylation is 1. The number of nitrogens with two attached hydrogens (primary N) is 1. The van der Waals surface area contributed by atoms with Crippen molar-refractivity contribution in [3.63, 3.8) is 0 Å². The molecule has 0 unspecified atom stereocenters. The molecular formula is C23H27F2N3O2S. The van der Waals surface area contributed by atoms with Crippen LogP contribution in [0.5, 0.6) is 0 Å². The summed E-state index contributed by atoms with van der Waals surface area (Å²) in [7, 11) is 1.44. The van der Waals surface area contributed by atoms with Crippen molar-refractivity contribution >= 4 is 22.7 Å². The summed E-state index contributed by atoms with van der Waals surface area (Å²) in [6.45, 7) is 4.23. The van der Waals surface area contributed by atoms with Crippen LogP contribution in [0.3, 0.4) is 0 Å². The minimum atomic E-state index is -0.955. The maximum Gasteiger partial charge on any atom is 0.270 e. The molecule has 0 saturated heterocycles. The fourth-order valence-electron chi connectivity index (χ4n) is 4.07. The van der Waals surface area contributed by atoms with Crippen molar-refractivity contribution in [1.82, 2.24) is 5.01 Å². The van der Waals surface area contributed by atoms with Gasteiger partial charge in [0, 0.05) is 12.7 Å². The zero-order valence-electron chi connectivity index (χ0n) is 17.9. The van der Waals surface area contributed by atoms with Gasteiger partial charge in [-0.2, -0.15) is 5.10 Å². The molecule has 1 amide bonds. The number of nitrogens with zero attached hydrogens (tertiary/aromatic N) is 2. The molecule has 2 aromatic carbocycles. The molecule has 0 fully saturated rings. The van der Waals surface area contributed by atoms with Crippen LogP contribution in [0.15, 0.2) is 47.6 Å². The highest BCUT2D eigenvalue weighted by Crippen LogP contribution is 2.55. The average molecular weight is 448 g/mol. The maximum absolute atomic E-state index is 14.7. The molecule has 3 rings (SSSR count). The monoisotopic (exact) mass is 447 g/mol. The summed E-state index contributed by atoms with van der Waals surface area (Å²) in [6.07, 6.45) is 1.34. The van der Waals surface area contributed by atoms with Crippen molar-refractivity contribution < 1.29 is 18.3 Å². The average Bonchev–Trinajstić information content (AvgIpc) is 3.15. The standard InChI is InChI=1S/C23H27F2N3O2S/c1-4-16(11-12-26)23(19-8-6-5-7-15(19)2)28(21(29)14-30-3)27-22(31-23)18-13-17(24)9-10-20(18)25/h5-10,13,16H,4,11-12,14,26H2,1-3H3/t16-,23-/m1/s1. The number of ether oxygens (including phenoxy) is 1. The van der Waals surface area contributed by atoms with Crippen LogP contribution in [0.25, 0.3) is 0 Å². The summed E-state index contributed by atoms with van der Waals surface area (Å²) in [5.41, 5.74) is 7.82. The highest BCUT2D eigenvalue weighted by molar-refractivity contribution is 8.15. The van der Waals surface area contributed by atoms with Gasteiger partial charge in [0.2, 0.25) is 0 Å². The third kappa shape index (κ3) is 4.37. The predicted octanol–water partition coefficient (Wildman–Crippen LogP) is 4.38. The number of amides is 1. The number of methoxy groups -OCH3 is 1. The van der Waals surface area contributed by atoms with Crippen molar-refractivity contribution in [3.05, 3.63) is 70.8 Å². The lowest BCUT2D eigenvalue weighted by molar-refractivity contribution is -0.140. The van der Waals surface area contributed by atoms with E-state index in [2.05, 4.69) is 5.10 Å². The van der Waals surface area contributed by atoms with Gasteiger partial charge in [-0.3, -0.25) is 4.79 Å². The molecule has 31 heavy (non-hydrogen) atoms. The summed E-state index contributed by atoms with van der Waals surface area (Å²) in [6, 6.07) is 11.0. The van der Waals surface area contributed by atoms with Crippen molar-refractivity contribution in [2.24, 2.45) is 16.8 Å². The largest absolute Gasteiger partial charge is 0.375 e. The number of hydrazone groups is 1. The van der Waals surface area contributed by atoms with Gasteiger partial charge in [0.05, 0.1) is 0 Å². The molecule has 0 aromatic heterocycles. The Morgan fingerprint density at radius 1 is 1.29 bits per heavy atom. The van der Waals surface area contributed by atoms with Crippen molar-refractivity contribution in [3.8, 4) is 0 Å². The van der Waals surface area contributed by atoms with Crippen LogP contribution >= 0.6 is 11.8 Å². The van der Waals surface area contributed by atoms with Gasteiger partial charge in [-0.1, -0.05) is 43.0 Å². The van der Waals surface area contributed by atoms with E-state index in [0.29, 0.717) is 19.4 Å². The molecule has 2 atom stereocenters. The van der Waals surface area contributed by atoms with E-state index >= 15 is 0 Å². The minimum Gasteiger partial charge on any atom is -0.375 e. The van der Waals surface area contributed by atoms with E-state index in [1.165, 1.54) is 23.9 Å². The third-order valence-corrected chi connectivity index (χ3v) is 7.05. The highest BCUT2D eigenvalue weighted by Gasteiger charge is 2.53. The Kier molecular flexibility index (Phi) is 7.46. The first-order chi connectivity index (χ1) is 14.9. The molecule has 1 heterocycles. The van der Waals surface area contributed by atoms with Crippen LogP contribution in [0, 0.1) is 24.5 Å². The number of benzene rings is 2. The van der Waals surface area contributed by atoms with E-state index in [1.54, 1.807) is 0 Å². The Labute approximate surface area is 185 Å². The van der Waals surface area contributed by atoms with Crippen LogP contribution < -0.4 is 5.73 Å². The number of rotatable bonds is 8. The first-order valence-electron chi connectivity index (χ1n) is 10.2. The van der Waals surface area contributed by atoms with E-state index < -0.39 is 16.5 Å². The molecule has 5 nitrogen and oxygen atoms in total. The van der Waals surface area contributed by atoms with Gasteiger partial charge in [0.15, 0.2) is 0 Å². The minimum absolute atomic E-state index is 0.0262. The Hall–Kier alpha value is -2.29. The zero-order valence-corrected chi connectivity index (χ0v) is 18.7. The number of carbonyl (C=O) groups is 1. The first-order valence-corrected chi connectivity index (χ1v) is 11.0. The maximum atomic E-state index is 14.7. The van der Waals surface area contributed by atoms with E-state index in [4.69, 9.17) is 10.5 Å². The SMILES string of the molecule is CC[C@H](CCN)[C@]1(c2ccccc2C)SC(c2cc(F)ccc2F)=NN1C(=O)COC. The van der Waals surface area contributed by atoms with Gasteiger partial charge in [0.25, 0.3) is 5.91 Å². The Balaban J connectivity index is 2.25. The molecule has 0 bridgehead atoms. The fraction of sp³-hybridized carbons (Fsp3) is 0.391. The Morgan fingerprint density at radius 3 is 2.68 bits per heavy atom. The zero-order chi connectivity index (χ0) is 22.6. The molecule has 0 spiro atoms. The van der Waals surface area contributed by atoms with Crippen LogP contribution in [0.1, 0.15) is 36.5 Å². The van der Waals surface area contributed by atoms with Gasteiger partial charge >= 0.3 is 0 Å². The van der Waals surface area contributed by atoms with Crippen LogP contribution in [-0.4, -0.2) is 36.2 Å². The first kappa shape index (κ1) is 23.4. The van der Waals surface area contributed by atoms with Crippen molar-refractivity contribution in [1.29, 1.82) is 0 Å². The fourth-order valence-corrected chi connectivity index (χ4v) is 5.77. The normalized spacial score (nSPS) is 19.4. The van der Waals surface area contributed by atoms with Crippen LogP contribution in [0.4, 0.5) is 8.78 Å². The summed E-state index contributed by atoms with van der Waals surface area (Å²) < 4.78 is 33.7. The van der Waals surface area contributed by atoms with E-state index in [0.717, 1.165) is 29.3 Å². The van der Waals surface area contributed by atoms with Crippen LogP contribution in [-0.2, 0) is 14.4 Å². The van der Waals surface area contributed by atoms with Crippen LogP contribution in [0.2, 0.25) is 0 Å². The lowest BCUT2D eigenvalue weighted by Gasteiger charge is -2.42. The number of halogens is 2. The molecular weight excluding hydrogens is 420 g/mol. The van der Waals surface area contributed by atoms with Gasteiger partial charge in [-0.15, -0.1) is 0 Å². The summed E-state index contributed by atoms with van der Waals surface area (Å²) in [5, 5.41) is 6.18. The second-order valence-corrected chi connectivity index (χ2v) is 8.68. The second kappa shape index (κ2) is 9.89. The lowest BCUT2D eigenvalue weighted by atomic mass is 9.85. The smallest absolute Gasteiger partial charge is 0.270 e. The summed E-state index contributed by atoms with van der Waals surface area (Å²) in [4.78, 5) is 12.2. The van der Waals surface area contributed by atoms with Gasteiger partial charge in [0.1, 0.15) is 28.2 Å². The van der Waals surface area contributed by atoms with E-state index in [1.807, 2.05) is 38.1 Å². The molecule has 2 N–H and O–H groups in total. The number of thioether (sulfide) groups is 1. The molecule has 1 aliphatic heterocycles. The third-order valence-electron chi connectivity index (χ3n) is 5.51. The van der Waals surface area contributed by atoms with E-state index in [9.17, 15) is 13.6 Å². The molecule has 0 aliphatic carbocycles. The highest BCUT2D eigenvalue weighted by atomic mass is 32.2. The molecule has 8 heteroatoms. The quantitative estimate of drug-likeness (QED) is 0.652. The second-order valence-electron chi connectivity index (χ2n) is 7.46. The number of hydrogen-bond acceptors (Lipinski definition) is 5. The lowest BCUT2D eigenvalue weighted by Crippen LogP contribution is -2.48. The summed E-state index contributed by atoms with van der Waals surface area (Å²) >= 11 is 1.27.